The van der Waals surface area contributed by atoms with Crippen LogP contribution in [0.5, 0.6) is 5.75 Å². The number of anilines is 1. The van der Waals surface area contributed by atoms with Crippen molar-refractivity contribution < 1.29 is 21.9 Å². The van der Waals surface area contributed by atoms with Gasteiger partial charge in [0.15, 0.2) is 0 Å². The number of rotatable bonds is 9. The molecule has 3 aromatic rings. The molecule has 0 heterocycles. The van der Waals surface area contributed by atoms with Crippen molar-refractivity contribution in [2.75, 3.05) is 10.9 Å². The molecule has 0 amide bonds. The van der Waals surface area contributed by atoms with Gasteiger partial charge in [-0.15, -0.1) is 0 Å². The average Bonchev–Trinajstić information content (AvgIpc) is 2.77. The van der Waals surface area contributed by atoms with Crippen LogP contribution in [0.1, 0.15) is 31.4 Å². The van der Waals surface area contributed by atoms with Gasteiger partial charge in [-0.3, -0.25) is 4.31 Å². The summed E-state index contributed by atoms with van der Waals surface area (Å²) in [5.74, 6) is -1.17. The van der Waals surface area contributed by atoms with Crippen molar-refractivity contribution in [1.29, 1.82) is 0 Å². The molecule has 0 aromatic heterocycles. The quantitative estimate of drug-likeness (QED) is 0.327. The monoisotopic (exact) mass is 478 g/mol. The SMILES string of the molecule is [CH2]CCCOc1ccccc1C(C)N(c1cc(F)ccc1F)S(=O)(=O)c1ccc(Cl)cc1. The van der Waals surface area contributed by atoms with E-state index in [2.05, 4.69) is 6.92 Å². The minimum atomic E-state index is -4.30. The number of nitrogens with zero attached hydrogens (tertiary/aromatic N) is 1. The summed E-state index contributed by atoms with van der Waals surface area (Å²) < 4.78 is 62.9. The summed E-state index contributed by atoms with van der Waals surface area (Å²) in [7, 11) is -4.30. The predicted octanol–water partition coefficient (Wildman–Crippen LogP) is 6.57. The third-order valence-electron chi connectivity index (χ3n) is 4.89. The van der Waals surface area contributed by atoms with Gasteiger partial charge in [0.05, 0.1) is 23.2 Å². The fourth-order valence-electron chi connectivity index (χ4n) is 3.29. The molecule has 4 nitrogen and oxygen atoms in total. The number of hydrogen-bond donors (Lipinski definition) is 0. The highest BCUT2D eigenvalue weighted by atomic mass is 35.5. The van der Waals surface area contributed by atoms with Crippen molar-refractivity contribution in [3.05, 3.63) is 95.9 Å². The van der Waals surface area contributed by atoms with Gasteiger partial charge in [0.1, 0.15) is 17.4 Å². The Morgan fingerprint density at radius 2 is 1.75 bits per heavy atom. The van der Waals surface area contributed by atoms with Gasteiger partial charge in [0.25, 0.3) is 10.0 Å². The van der Waals surface area contributed by atoms with Gasteiger partial charge in [0.2, 0.25) is 0 Å². The summed E-state index contributed by atoms with van der Waals surface area (Å²) >= 11 is 5.90. The lowest BCUT2D eigenvalue weighted by atomic mass is 10.1. The van der Waals surface area contributed by atoms with Gasteiger partial charge in [-0.05, 0) is 55.8 Å². The van der Waals surface area contributed by atoms with E-state index in [0.717, 1.165) is 22.5 Å². The van der Waals surface area contributed by atoms with Gasteiger partial charge in [0, 0.05) is 16.7 Å². The van der Waals surface area contributed by atoms with Crippen molar-refractivity contribution in [3.8, 4) is 5.75 Å². The first-order valence-electron chi connectivity index (χ1n) is 10.0. The number of para-hydroxylation sites is 1. The zero-order valence-corrected chi connectivity index (χ0v) is 19.0. The summed E-state index contributed by atoms with van der Waals surface area (Å²) in [6.45, 7) is 5.77. The molecule has 8 heteroatoms. The fraction of sp³-hybridized carbons (Fsp3) is 0.208. The second-order valence-corrected chi connectivity index (χ2v) is 9.37. The largest absolute Gasteiger partial charge is 0.493 e. The van der Waals surface area contributed by atoms with Crippen LogP contribution in [0.25, 0.3) is 0 Å². The highest BCUT2D eigenvalue weighted by molar-refractivity contribution is 7.92. The standard InChI is InChI=1S/C24H23ClF2NO3S/c1-3-4-15-31-24-8-6-5-7-21(24)17(2)28(23-16-19(26)11-14-22(23)27)32(29,30)20-12-9-18(25)10-13-20/h5-14,16-17H,1,3-4,15H2,2H3. The molecular formula is C24H23ClF2NO3S. The Balaban J connectivity index is 2.16. The van der Waals surface area contributed by atoms with Crippen molar-refractivity contribution in [2.24, 2.45) is 0 Å². The molecule has 3 rings (SSSR count). The maximum Gasteiger partial charge on any atom is 0.264 e. The summed E-state index contributed by atoms with van der Waals surface area (Å²) in [5.41, 5.74) is 0.109. The van der Waals surface area contributed by atoms with Crippen LogP contribution in [0.2, 0.25) is 5.02 Å². The van der Waals surface area contributed by atoms with Gasteiger partial charge in [-0.25, -0.2) is 17.2 Å². The molecule has 0 saturated carbocycles. The van der Waals surface area contributed by atoms with E-state index in [4.69, 9.17) is 16.3 Å². The van der Waals surface area contributed by atoms with Crippen LogP contribution >= 0.6 is 11.6 Å². The molecule has 32 heavy (non-hydrogen) atoms. The molecule has 0 aliphatic carbocycles. The van der Waals surface area contributed by atoms with Gasteiger partial charge in [-0.2, -0.15) is 0 Å². The van der Waals surface area contributed by atoms with Crippen LogP contribution in [0, 0.1) is 18.6 Å². The summed E-state index contributed by atoms with van der Waals surface area (Å²) in [6.07, 6.45) is 1.40. The van der Waals surface area contributed by atoms with E-state index in [1.54, 1.807) is 31.2 Å². The van der Waals surface area contributed by atoms with Crippen LogP contribution in [0.15, 0.2) is 71.6 Å². The van der Waals surface area contributed by atoms with Crippen LogP contribution in [0.3, 0.4) is 0 Å². The lowest BCUT2D eigenvalue weighted by Gasteiger charge is -2.32. The first-order valence-corrected chi connectivity index (χ1v) is 11.8. The van der Waals surface area contributed by atoms with E-state index in [9.17, 15) is 17.2 Å². The number of halogens is 3. The van der Waals surface area contributed by atoms with E-state index in [-0.39, 0.29) is 4.90 Å². The Labute approximate surface area is 192 Å². The van der Waals surface area contributed by atoms with Crippen molar-refractivity contribution in [2.45, 2.75) is 30.7 Å². The highest BCUT2D eigenvalue weighted by Gasteiger charge is 2.34. The van der Waals surface area contributed by atoms with E-state index in [1.807, 2.05) is 0 Å². The zero-order valence-electron chi connectivity index (χ0n) is 17.5. The van der Waals surface area contributed by atoms with E-state index >= 15 is 0 Å². The van der Waals surface area contributed by atoms with E-state index < -0.39 is 33.4 Å². The number of benzene rings is 3. The second kappa shape index (κ2) is 10.3. The Bertz CT molecular complexity index is 1170. The van der Waals surface area contributed by atoms with Gasteiger partial charge >= 0.3 is 0 Å². The molecule has 0 fully saturated rings. The summed E-state index contributed by atoms with van der Waals surface area (Å²) in [6, 6.07) is 14.2. The molecule has 0 aliphatic rings. The Kier molecular flexibility index (Phi) is 7.74. The van der Waals surface area contributed by atoms with E-state index in [0.29, 0.717) is 35.8 Å². The number of hydrogen-bond acceptors (Lipinski definition) is 3. The first kappa shape index (κ1) is 24.0. The molecule has 169 valence electrons. The van der Waals surface area contributed by atoms with Crippen molar-refractivity contribution in [1.82, 2.24) is 0 Å². The summed E-state index contributed by atoms with van der Waals surface area (Å²) in [5, 5.41) is 0.352. The maximum atomic E-state index is 14.8. The molecule has 1 atom stereocenters. The Morgan fingerprint density at radius 3 is 2.44 bits per heavy atom. The average molecular weight is 479 g/mol. The maximum absolute atomic E-state index is 14.8. The van der Waals surface area contributed by atoms with Crippen LogP contribution in [-0.4, -0.2) is 15.0 Å². The van der Waals surface area contributed by atoms with Crippen LogP contribution in [-0.2, 0) is 10.0 Å². The second-order valence-electron chi connectivity index (χ2n) is 7.12. The molecule has 1 radical (unpaired) electrons. The zero-order chi connectivity index (χ0) is 23.3. The topological polar surface area (TPSA) is 46.6 Å². The fourth-order valence-corrected chi connectivity index (χ4v) is 5.05. The third-order valence-corrected chi connectivity index (χ3v) is 7.04. The minimum absolute atomic E-state index is 0.104. The Hall–Kier alpha value is -2.64. The van der Waals surface area contributed by atoms with Gasteiger partial charge < -0.3 is 4.74 Å². The smallest absolute Gasteiger partial charge is 0.264 e. The van der Waals surface area contributed by atoms with Crippen LogP contribution < -0.4 is 9.04 Å². The molecule has 0 bridgehead atoms. The third kappa shape index (κ3) is 5.22. The molecule has 3 aromatic carbocycles. The first-order chi connectivity index (χ1) is 15.3. The Morgan fingerprint density at radius 1 is 1.06 bits per heavy atom. The number of ether oxygens (including phenoxy) is 1. The number of unbranched alkanes of at least 4 members (excludes halogenated alkanes) is 1. The van der Waals surface area contributed by atoms with E-state index in [1.165, 1.54) is 24.3 Å². The lowest BCUT2D eigenvalue weighted by Crippen LogP contribution is -2.34. The molecule has 0 saturated heterocycles. The molecule has 0 N–H and O–H groups in total. The van der Waals surface area contributed by atoms with Crippen LogP contribution in [0.4, 0.5) is 14.5 Å². The molecular weight excluding hydrogens is 456 g/mol. The van der Waals surface area contributed by atoms with Crippen molar-refractivity contribution in [3.63, 3.8) is 0 Å². The highest BCUT2D eigenvalue weighted by Crippen LogP contribution is 2.38. The normalized spacial score (nSPS) is 12.4. The summed E-state index contributed by atoms with van der Waals surface area (Å²) in [4.78, 5) is -0.104. The lowest BCUT2D eigenvalue weighted by molar-refractivity contribution is 0.307. The predicted molar refractivity (Wildman–Crippen MR) is 122 cm³/mol. The number of sulfonamides is 1. The molecule has 1 unspecified atom stereocenters. The molecule has 0 aliphatic heterocycles. The van der Waals surface area contributed by atoms with Gasteiger partial charge in [-0.1, -0.05) is 43.1 Å². The minimum Gasteiger partial charge on any atom is -0.493 e. The molecule has 0 spiro atoms. The van der Waals surface area contributed by atoms with Crippen molar-refractivity contribution >= 4 is 27.3 Å².